The highest BCUT2D eigenvalue weighted by atomic mass is 16.5. The standard InChI is InChI=1S/C18H27N5O2/c1-11(2)14-10-22-15(13-5-6-13)9-16(14)25-12(3)17(21-7-8-24)23-18(19)20-4/h9-11,13,21,24H,4-8H2,1-3H3,(H2,19,23)/b17-12+. The lowest BCUT2D eigenvalue weighted by Crippen LogP contribution is -2.21. The Kier molecular flexibility index (Phi) is 6.52. The Balaban J connectivity index is 2.35. The van der Waals surface area contributed by atoms with E-state index in [1.165, 1.54) is 12.8 Å². The number of aromatic nitrogens is 1. The van der Waals surface area contributed by atoms with Gasteiger partial charge in [-0.25, -0.2) is 4.99 Å². The van der Waals surface area contributed by atoms with E-state index in [9.17, 15) is 0 Å². The number of nitrogens with zero attached hydrogens (tertiary/aromatic N) is 3. The molecule has 4 N–H and O–H groups in total. The minimum Gasteiger partial charge on any atom is -0.458 e. The molecular weight excluding hydrogens is 318 g/mol. The molecule has 1 aliphatic carbocycles. The molecule has 1 saturated carbocycles. The third-order valence-corrected chi connectivity index (χ3v) is 3.92. The fraction of sp³-hybridized carbons (Fsp3) is 0.500. The predicted molar refractivity (Wildman–Crippen MR) is 99.9 cm³/mol. The van der Waals surface area contributed by atoms with Crippen molar-refractivity contribution in [3.63, 3.8) is 0 Å². The van der Waals surface area contributed by atoms with Crippen molar-refractivity contribution >= 4 is 12.7 Å². The van der Waals surface area contributed by atoms with Crippen LogP contribution in [0.25, 0.3) is 0 Å². The number of aliphatic hydroxyl groups is 1. The third-order valence-electron chi connectivity index (χ3n) is 3.92. The van der Waals surface area contributed by atoms with E-state index in [2.05, 4.69) is 40.9 Å². The minimum atomic E-state index is -0.0357. The van der Waals surface area contributed by atoms with Gasteiger partial charge in [-0.2, -0.15) is 4.99 Å². The lowest BCUT2D eigenvalue weighted by molar-refractivity contribution is 0.295. The quantitative estimate of drug-likeness (QED) is 0.381. The van der Waals surface area contributed by atoms with Crippen LogP contribution in [0.15, 0.2) is 33.8 Å². The highest BCUT2D eigenvalue weighted by molar-refractivity contribution is 5.83. The van der Waals surface area contributed by atoms with Crippen LogP contribution in [0.2, 0.25) is 0 Å². The smallest absolute Gasteiger partial charge is 0.221 e. The molecule has 0 saturated heterocycles. The van der Waals surface area contributed by atoms with E-state index >= 15 is 0 Å². The maximum absolute atomic E-state index is 9.05. The summed E-state index contributed by atoms with van der Waals surface area (Å²) >= 11 is 0. The Labute approximate surface area is 148 Å². The fourth-order valence-corrected chi connectivity index (χ4v) is 2.37. The predicted octanol–water partition coefficient (Wildman–Crippen LogP) is 2.25. The van der Waals surface area contributed by atoms with Crippen LogP contribution in [-0.4, -0.2) is 35.9 Å². The number of guanidine groups is 1. The van der Waals surface area contributed by atoms with Crippen molar-refractivity contribution in [2.24, 2.45) is 15.7 Å². The Morgan fingerprint density at radius 3 is 2.80 bits per heavy atom. The first-order valence-corrected chi connectivity index (χ1v) is 8.50. The van der Waals surface area contributed by atoms with Gasteiger partial charge in [0.1, 0.15) is 11.5 Å². The Bertz CT molecular complexity index is 678. The van der Waals surface area contributed by atoms with Crippen LogP contribution >= 0.6 is 0 Å². The number of nitrogens with two attached hydrogens (primary N) is 1. The molecule has 7 nitrogen and oxygen atoms in total. The summed E-state index contributed by atoms with van der Waals surface area (Å²) in [5.74, 6) is 2.57. The van der Waals surface area contributed by atoms with Crippen LogP contribution in [0.3, 0.4) is 0 Å². The van der Waals surface area contributed by atoms with Crippen molar-refractivity contribution in [3.05, 3.63) is 35.1 Å². The largest absolute Gasteiger partial charge is 0.458 e. The monoisotopic (exact) mass is 345 g/mol. The zero-order valence-electron chi connectivity index (χ0n) is 15.1. The van der Waals surface area contributed by atoms with Gasteiger partial charge < -0.3 is 20.9 Å². The van der Waals surface area contributed by atoms with Crippen LogP contribution in [0.1, 0.15) is 56.7 Å². The van der Waals surface area contributed by atoms with Gasteiger partial charge in [0.15, 0.2) is 5.82 Å². The van der Waals surface area contributed by atoms with Crippen molar-refractivity contribution in [2.45, 2.75) is 45.4 Å². The van der Waals surface area contributed by atoms with Crippen LogP contribution in [0.5, 0.6) is 5.75 Å². The first-order chi connectivity index (χ1) is 12.0. The Morgan fingerprint density at radius 2 is 2.24 bits per heavy atom. The van der Waals surface area contributed by atoms with Crippen LogP contribution in [0.4, 0.5) is 0 Å². The van der Waals surface area contributed by atoms with Crippen molar-refractivity contribution < 1.29 is 9.84 Å². The molecule has 1 heterocycles. The van der Waals surface area contributed by atoms with Gasteiger partial charge in [0.2, 0.25) is 5.96 Å². The zero-order chi connectivity index (χ0) is 18.4. The summed E-state index contributed by atoms with van der Waals surface area (Å²) in [5, 5.41) is 12.0. The molecule has 1 aliphatic rings. The molecule has 0 aromatic carbocycles. The van der Waals surface area contributed by atoms with Gasteiger partial charge in [-0.15, -0.1) is 0 Å². The van der Waals surface area contributed by atoms with Gasteiger partial charge in [0.05, 0.1) is 6.61 Å². The van der Waals surface area contributed by atoms with E-state index in [-0.39, 0.29) is 18.5 Å². The highest BCUT2D eigenvalue weighted by Gasteiger charge is 2.26. The van der Waals surface area contributed by atoms with E-state index in [4.69, 9.17) is 15.6 Å². The van der Waals surface area contributed by atoms with Gasteiger partial charge in [-0.1, -0.05) is 13.8 Å². The number of rotatable bonds is 8. The van der Waals surface area contributed by atoms with Gasteiger partial charge in [0.25, 0.3) is 0 Å². The summed E-state index contributed by atoms with van der Waals surface area (Å²) in [6.45, 7) is 9.64. The van der Waals surface area contributed by atoms with E-state index in [0.29, 0.717) is 24.0 Å². The van der Waals surface area contributed by atoms with Gasteiger partial charge in [-0.05, 0) is 32.4 Å². The van der Waals surface area contributed by atoms with E-state index in [1.807, 2.05) is 12.3 Å². The molecule has 0 atom stereocenters. The normalized spacial score (nSPS) is 15.8. The minimum absolute atomic E-state index is 0.0286. The lowest BCUT2D eigenvalue weighted by Gasteiger charge is -2.17. The molecule has 0 amide bonds. The summed E-state index contributed by atoms with van der Waals surface area (Å²) in [7, 11) is 0. The molecule has 1 aromatic heterocycles. The molecule has 0 aliphatic heterocycles. The third kappa shape index (κ3) is 5.29. The van der Waals surface area contributed by atoms with Crippen molar-refractivity contribution in [1.82, 2.24) is 10.3 Å². The van der Waals surface area contributed by atoms with Crippen molar-refractivity contribution in [2.75, 3.05) is 13.2 Å². The number of pyridine rings is 1. The molecule has 2 rings (SSSR count). The number of hydrogen-bond acceptors (Lipinski definition) is 5. The second-order valence-electron chi connectivity index (χ2n) is 6.36. The SMILES string of the molecule is C=N/C(N)=N\C(NCCO)=C(/C)Oc1cc(C2CC2)ncc1C(C)C. The zero-order valence-corrected chi connectivity index (χ0v) is 15.1. The average Bonchev–Trinajstić information content (AvgIpc) is 3.42. The first-order valence-electron chi connectivity index (χ1n) is 8.50. The molecule has 1 aromatic rings. The fourth-order valence-electron chi connectivity index (χ4n) is 2.37. The molecule has 0 bridgehead atoms. The summed E-state index contributed by atoms with van der Waals surface area (Å²) in [6.07, 6.45) is 4.25. The molecular formula is C18H27N5O2. The van der Waals surface area contributed by atoms with E-state index < -0.39 is 0 Å². The Morgan fingerprint density at radius 1 is 1.52 bits per heavy atom. The van der Waals surface area contributed by atoms with E-state index in [1.54, 1.807) is 6.92 Å². The van der Waals surface area contributed by atoms with Crippen LogP contribution < -0.4 is 15.8 Å². The van der Waals surface area contributed by atoms with E-state index in [0.717, 1.165) is 17.0 Å². The summed E-state index contributed by atoms with van der Waals surface area (Å²) in [6, 6.07) is 2.01. The van der Waals surface area contributed by atoms with Crippen LogP contribution in [0, 0.1) is 0 Å². The van der Waals surface area contributed by atoms with Crippen LogP contribution in [-0.2, 0) is 0 Å². The number of nitrogens with one attached hydrogen (secondary N) is 1. The lowest BCUT2D eigenvalue weighted by atomic mass is 10.0. The molecule has 7 heteroatoms. The molecule has 0 unspecified atom stereocenters. The van der Waals surface area contributed by atoms with Gasteiger partial charge in [0, 0.05) is 36.0 Å². The number of allylic oxidation sites excluding steroid dienone is 1. The number of aliphatic hydroxyl groups excluding tert-OH is 1. The maximum atomic E-state index is 9.05. The average molecular weight is 345 g/mol. The van der Waals surface area contributed by atoms with Crippen molar-refractivity contribution in [3.8, 4) is 5.75 Å². The first kappa shape index (κ1) is 18.9. The second-order valence-corrected chi connectivity index (χ2v) is 6.36. The number of hydrogen-bond donors (Lipinski definition) is 3. The van der Waals surface area contributed by atoms with Crippen molar-refractivity contribution in [1.29, 1.82) is 0 Å². The summed E-state index contributed by atoms with van der Waals surface area (Å²) in [4.78, 5) is 12.3. The number of ether oxygens (including phenoxy) is 1. The van der Waals surface area contributed by atoms with Gasteiger partial charge >= 0.3 is 0 Å². The molecule has 1 fully saturated rings. The number of aliphatic imine (C=N–C) groups is 2. The summed E-state index contributed by atoms with van der Waals surface area (Å²) in [5.41, 5.74) is 7.74. The Hall–Kier alpha value is -2.41. The van der Waals surface area contributed by atoms with Gasteiger partial charge in [-0.3, -0.25) is 4.98 Å². The molecule has 0 spiro atoms. The topological polar surface area (TPSA) is 105 Å². The second kappa shape index (κ2) is 8.62. The highest BCUT2D eigenvalue weighted by Crippen LogP contribution is 2.41. The molecule has 136 valence electrons. The molecule has 25 heavy (non-hydrogen) atoms. The molecule has 0 radical (unpaired) electrons. The summed E-state index contributed by atoms with van der Waals surface area (Å²) < 4.78 is 6.10. The maximum Gasteiger partial charge on any atom is 0.221 e.